The van der Waals surface area contributed by atoms with Gasteiger partial charge in [0.1, 0.15) is 17.2 Å². The number of aromatic nitrogens is 4. The van der Waals surface area contributed by atoms with Gasteiger partial charge in [0.25, 0.3) is 5.91 Å². The Labute approximate surface area is 203 Å². The molecule has 3 heterocycles. The second-order valence-corrected chi connectivity index (χ2v) is 8.42. The fraction of sp³-hybridized carbons (Fsp3) is 0.222. The van der Waals surface area contributed by atoms with Crippen LogP contribution in [0.15, 0.2) is 79.4 Å². The van der Waals surface area contributed by atoms with Crippen LogP contribution >= 0.6 is 0 Å². The predicted molar refractivity (Wildman–Crippen MR) is 130 cm³/mol. The first-order chi connectivity index (χ1) is 17.2. The molecule has 1 aliphatic rings. The van der Waals surface area contributed by atoms with E-state index in [0.29, 0.717) is 30.3 Å². The average Bonchev–Trinajstić information content (AvgIpc) is 2.89. The van der Waals surface area contributed by atoms with Crippen molar-refractivity contribution in [3.63, 3.8) is 0 Å². The normalized spacial score (nSPS) is 15.5. The van der Waals surface area contributed by atoms with Gasteiger partial charge in [0, 0.05) is 49.4 Å². The Balaban J connectivity index is 1.32. The summed E-state index contributed by atoms with van der Waals surface area (Å²) in [7, 11) is 0. The van der Waals surface area contributed by atoms with E-state index in [1.165, 1.54) is 0 Å². The first-order valence-corrected chi connectivity index (χ1v) is 11.6. The summed E-state index contributed by atoms with van der Waals surface area (Å²) in [4.78, 5) is 32.4. The lowest BCUT2D eigenvalue weighted by atomic mass is 9.94. The molecule has 0 saturated carbocycles. The number of ether oxygens (including phenoxy) is 2. The van der Waals surface area contributed by atoms with Crippen LogP contribution in [0.3, 0.4) is 0 Å². The molecule has 1 amide bonds. The largest absolute Gasteiger partial charge is 0.437 e. The molecule has 1 aliphatic heterocycles. The van der Waals surface area contributed by atoms with Crippen LogP contribution in [0.2, 0.25) is 0 Å². The number of benzene rings is 2. The number of hydrogen-bond donors (Lipinski definition) is 0. The summed E-state index contributed by atoms with van der Waals surface area (Å²) in [5.74, 6) is 1.68. The molecular formula is C27H25N5O3. The summed E-state index contributed by atoms with van der Waals surface area (Å²) in [5, 5.41) is 0. The summed E-state index contributed by atoms with van der Waals surface area (Å²) >= 11 is 0. The Bertz CT molecular complexity index is 1310. The topological polar surface area (TPSA) is 90.3 Å². The van der Waals surface area contributed by atoms with Crippen molar-refractivity contribution in [3.05, 3.63) is 96.2 Å². The van der Waals surface area contributed by atoms with Crippen LogP contribution in [-0.4, -0.2) is 43.8 Å². The van der Waals surface area contributed by atoms with E-state index < -0.39 is 0 Å². The van der Waals surface area contributed by atoms with Gasteiger partial charge in [0.15, 0.2) is 0 Å². The van der Waals surface area contributed by atoms with Gasteiger partial charge in [0.05, 0.1) is 0 Å². The molecule has 0 unspecified atom stereocenters. The standard InChI is InChI=1S/C27H25N5O3/c1-19-6-2-9-22(16-19)34-25-24(28-13-14-29-25)21-8-4-15-32(18-21)26(33)20-7-3-10-23(17-20)35-27-30-11-5-12-31-27/h2-3,5-7,9-14,16-17,21H,4,8,15,18H2,1H3/t21-/m0/s1. The van der Waals surface area contributed by atoms with E-state index in [9.17, 15) is 4.79 Å². The summed E-state index contributed by atoms with van der Waals surface area (Å²) in [6.45, 7) is 3.23. The van der Waals surface area contributed by atoms with Crippen molar-refractivity contribution in [2.75, 3.05) is 13.1 Å². The molecule has 0 aliphatic carbocycles. The number of carbonyl (C=O) groups is 1. The van der Waals surface area contributed by atoms with E-state index in [2.05, 4.69) is 19.9 Å². The van der Waals surface area contributed by atoms with Gasteiger partial charge in [-0.15, -0.1) is 0 Å². The molecule has 2 aromatic heterocycles. The van der Waals surface area contributed by atoms with Crippen LogP contribution in [0.4, 0.5) is 0 Å². The number of rotatable bonds is 6. The van der Waals surface area contributed by atoms with Crippen LogP contribution in [0, 0.1) is 6.92 Å². The van der Waals surface area contributed by atoms with Gasteiger partial charge in [-0.25, -0.2) is 15.0 Å². The lowest BCUT2D eigenvalue weighted by molar-refractivity contribution is 0.0704. The second-order valence-electron chi connectivity index (χ2n) is 8.42. The SMILES string of the molecule is Cc1cccc(Oc2nccnc2[C@H]2CCCN(C(=O)c3cccc(Oc4ncccn4)c3)C2)c1. The van der Waals surface area contributed by atoms with E-state index in [1.54, 1.807) is 55.1 Å². The minimum Gasteiger partial charge on any atom is -0.437 e. The zero-order valence-electron chi connectivity index (χ0n) is 19.4. The van der Waals surface area contributed by atoms with Gasteiger partial charge >= 0.3 is 6.01 Å². The summed E-state index contributed by atoms with van der Waals surface area (Å²) in [6.07, 6.45) is 8.28. The lowest BCUT2D eigenvalue weighted by Crippen LogP contribution is -2.39. The van der Waals surface area contributed by atoms with Gasteiger partial charge in [-0.1, -0.05) is 18.2 Å². The molecule has 0 N–H and O–H groups in total. The Hall–Kier alpha value is -4.33. The first kappa shape index (κ1) is 22.5. The Kier molecular flexibility index (Phi) is 6.61. The average molecular weight is 468 g/mol. The molecule has 8 heteroatoms. The number of amides is 1. The number of likely N-dealkylation sites (tertiary alicyclic amines) is 1. The van der Waals surface area contributed by atoms with Gasteiger partial charge in [0.2, 0.25) is 5.88 Å². The van der Waals surface area contributed by atoms with Gasteiger partial charge in [-0.2, -0.15) is 0 Å². The Morgan fingerprint density at radius 2 is 1.66 bits per heavy atom. The third-order valence-electron chi connectivity index (χ3n) is 5.82. The van der Waals surface area contributed by atoms with Crippen molar-refractivity contribution in [1.29, 1.82) is 0 Å². The highest BCUT2D eigenvalue weighted by atomic mass is 16.5. The molecule has 1 saturated heterocycles. The molecule has 35 heavy (non-hydrogen) atoms. The van der Waals surface area contributed by atoms with Crippen LogP contribution in [0.25, 0.3) is 0 Å². The van der Waals surface area contributed by atoms with E-state index in [0.717, 1.165) is 29.8 Å². The molecule has 0 spiro atoms. The van der Waals surface area contributed by atoms with Crippen molar-refractivity contribution in [3.8, 4) is 23.4 Å². The van der Waals surface area contributed by atoms with Crippen molar-refractivity contribution in [2.24, 2.45) is 0 Å². The Morgan fingerprint density at radius 1 is 0.886 bits per heavy atom. The molecule has 4 aromatic rings. The number of piperidine rings is 1. The molecule has 0 bridgehead atoms. The fourth-order valence-corrected chi connectivity index (χ4v) is 4.19. The van der Waals surface area contributed by atoms with Crippen LogP contribution in [0.1, 0.15) is 40.4 Å². The Morgan fingerprint density at radius 3 is 2.49 bits per heavy atom. The molecule has 5 rings (SSSR count). The lowest BCUT2D eigenvalue weighted by Gasteiger charge is -2.33. The van der Waals surface area contributed by atoms with Crippen LogP contribution in [-0.2, 0) is 0 Å². The maximum absolute atomic E-state index is 13.4. The highest BCUT2D eigenvalue weighted by Gasteiger charge is 2.29. The van der Waals surface area contributed by atoms with Crippen LogP contribution in [0.5, 0.6) is 23.4 Å². The molecule has 8 nitrogen and oxygen atoms in total. The van der Waals surface area contributed by atoms with E-state index >= 15 is 0 Å². The third-order valence-corrected chi connectivity index (χ3v) is 5.82. The van der Waals surface area contributed by atoms with E-state index in [1.807, 2.05) is 36.1 Å². The fourth-order valence-electron chi connectivity index (χ4n) is 4.19. The first-order valence-electron chi connectivity index (χ1n) is 11.6. The maximum Gasteiger partial charge on any atom is 0.321 e. The molecule has 2 aromatic carbocycles. The summed E-state index contributed by atoms with van der Waals surface area (Å²) in [5.41, 5.74) is 2.42. The van der Waals surface area contributed by atoms with Crippen molar-refractivity contribution >= 4 is 5.91 Å². The highest BCUT2D eigenvalue weighted by Crippen LogP contribution is 2.33. The van der Waals surface area contributed by atoms with Crippen molar-refractivity contribution < 1.29 is 14.3 Å². The quantitative estimate of drug-likeness (QED) is 0.386. The summed E-state index contributed by atoms with van der Waals surface area (Å²) < 4.78 is 11.8. The van der Waals surface area contributed by atoms with E-state index in [-0.39, 0.29) is 17.8 Å². The van der Waals surface area contributed by atoms with E-state index in [4.69, 9.17) is 9.47 Å². The molecular weight excluding hydrogens is 442 g/mol. The minimum atomic E-state index is -0.0563. The van der Waals surface area contributed by atoms with Crippen molar-refractivity contribution in [1.82, 2.24) is 24.8 Å². The second kappa shape index (κ2) is 10.3. The number of hydrogen-bond acceptors (Lipinski definition) is 7. The van der Waals surface area contributed by atoms with Gasteiger partial charge in [-0.3, -0.25) is 9.78 Å². The van der Waals surface area contributed by atoms with Crippen molar-refractivity contribution in [2.45, 2.75) is 25.7 Å². The molecule has 1 fully saturated rings. The van der Waals surface area contributed by atoms with Gasteiger partial charge in [-0.05, 0) is 61.7 Å². The monoisotopic (exact) mass is 467 g/mol. The number of aryl methyl sites for hydroxylation is 1. The molecule has 1 atom stereocenters. The zero-order chi connectivity index (χ0) is 24.0. The maximum atomic E-state index is 13.4. The highest BCUT2D eigenvalue weighted by molar-refractivity contribution is 5.94. The smallest absolute Gasteiger partial charge is 0.321 e. The predicted octanol–water partition coefficient (Wildman–Crippen LogP) is 5.18. The summed E-state index contributed by atoms with van der Waals surface area (Å²) in [6, 6.07) is 16.9. The zero-order valence-corrected chi connectivity index (χ0v) is 19.4. The number of carbonyl (C=O) groups excluding carboxylic acids is 1. The van der Waals surface area contributed by atoms with Gasteiger partial charge < -0.3 is 14.4 Å². The molecule has 176 valence electrons. The molecule has 0 radical (unpaired) electrons. The third kappa shape index (κ3) is 5.43. The minimum absolute atomic E-state index is 0.0263. The number of nitrogens with zero attached hydrogens (tertiary/aromatic N) is 5. The van der Waals surface area contributed by atoms with Crippen LogP contribution < -0.4 is 9.47 Å².